The first kappa shape index (κ1) is 36.1. The van der Waals surface area contributed by atoms with Crippen LogP contribution in [-0.4, -0.2) is 101 Å². The maximum atomic E-state index is 12.3. The molecular formula is C32H42ClN5O8. The second kappa shape index (κ2) is 18.6. The van der Waals surface area contributed by atoms with E-state index in [9.17, 15) is 19.2 Å². The van der Waals surface area contributed by atoms with Gasteiger partial charge in [-0.3, -0.25) is 14.5 Å². The first-order valence-electron chi connectivity index (χ1n) is 15.3. The lowest BCUT2D eigenvalue weighted by atomic mass is 10.1. The van der Waals surface area contributed by atoms with Gasteiger partial charge in [-0.25, -0.2) is 19.5 Å². The number of rotatable bonds is 20. The molecule has 0 unspecified atom stereocenters. The molecule has 0 spiro atoms. The van der Waals surface area contributed by atoms with E-state index in [4.69, 9.17) is 36.6 Å². The van der Waals surface area contributed by atoms with Gasteiger partial charge in [0.2, 0.25) is 5.91 Å². The van der Waals surface area contributed by atoms with Crippen LogP contribution in [0.2, 0.25) is 5.02 Å². The monoisotopic (exact) mass is 659 g/mol. The number of carbonyl (C=O) groups is 4. The van der Waals surface area contributed by atoms with Crippen molar-refractivity contribution in [2.45, 2.75) is 51.4 Å². The number of nitrogens with one attached hydrogen (secondary N) is 2. The van der Waals surface area contributed by atoms with Gasteiger partial charge in [0.1, 0.15) is 5.75 Å². The second-order valence-corrected chi connectivity index (χ2v) is 11.4. The van der Waals surface area contributed by atoms with Crippen LogP contribution in [0.5, 0.6) is 5.75 Å². The number of imide groups is 1. The number of fused-ring (bicyclic) bond motifs is 2. The molecule has 0 aliphatic rings. The van der Waals surface area contributed by atoms with Gasteiger partial charge in [-0.1, -0.05) is 50.1 Å². The third-order valence-electron chi connectivity index (χ3n) is 7.50. The number of methoxy groups -OCH3 is 1. The molecule has 13 nitrogen and oxygen atoms in total. The molecule has 250 valence electrons. The Balaban J connectivity index is 1.30. The fourth-order valence-corrected chi connectivity index (χ4v) is 5.31. The Morgan fingerprint density at radius 3 is 2.07 bits per heavy atom. The molecule has 14 heteroatoms. The maximum Gasteiger partial charge on any atom is 0.416 e. The van der Waals surface area contributed by atoms with Gasteiger partial charge in [-0.2, -0.15) is 0 Å². The molecule has 1 aromatic heterocycles. The van der Waals surface area contributed by atoms with Crippen LogP contribution >= 0.6 is 11.6 Å². The molecule has 3 aromatic rings. The minimum Gasteiger partial charge on any atom is -0.497 e. The van der Waals surface area contributed by atoms with Gasteiger partial charge in [0.05, 0.1) is 36.9 Å². The van der Waals surface area contributed by atoms with E-state index >= 15 is 0 Å². The number of carboxylic acids is 1. The number of nitrogens with zero attached hydrogens (tertiary/aromatic N) is 3. The molecule has 0 aliphatic heterocycles. The van der Waals surface area contributed by atoms with Gasteiger partial charge < -0.3 is 30.7 Å². The highest BCUT2D eigenvalue weighted by Gasteiger charge is 2.22. The van der Waals surface area contributed by atoms with Crippen molar-refractivity contribution in [2.24, 2.45) is 0 Å². The number of halogens is 1. The molecule has 0 bridgehead atoms. The summed E-state index contributed by atoms with van der Waals surface area (Å²) < 4.78 is 5.44. The van der Waals surface area contributed by atoms with Crippen molar-refractivity contribution in [3.05, 3.63) is 41.4 Å². The zero-order valence-corrected chi connectivity index (χ0v) is 26.7. The van der Waals surface area contributed by atoms with Crippen molar-refractivity contribution in [3.8, 4) is 5.75 Å². The molecular weight excluding hydrogens is 618 g/mol. The quantitative estimate of drug-likeness (QED) is 0.0736. The molecule has 2 aromatic carbocycles. The summed E-state index contributed by atoms with van der Waals surface area (Å²) in [5.41, 5.74) is 2.74. The lowest BCUT2D eigenvalue weighted by Crippen LogP contribution is -2.45. The van der Waals surface area contributed by atoms with E-state index in [1.54, 1.807) is 7.11 Å². The van der Waals surface area contributed by atoms with E-state index in [-0.39, 0.29) is 18.0 Å². The van der Waals surface area contributed by atoms with Crippen LogP contribution in [0.3, 0.4) is 0 Å². The highest BCUT2D eigenvalue weighted by atomic mass is 35.5. The Morgan fingerprint density at radius 1 is 0.783 bits per heavy atom. The Bertz CT molecular complexity index is 1490. The van der Waals surface area contributed by atoms with E-state index < -0.39 is 37.2 Å². The Hall–Kier alpha value is -4.36. The van der Waals surface area contributed by atoms with Crippen molar-refractivity contribution in [3.63, 3.8) is 0 Å². The number of unbranched alkanes of at least 4 members (excludes halogenated alkanes) is 7. The van der Waals surface area contributed by atoms with Gasteiger partial charge in [0.15, 0.2) is 0 Å². The van der Waals surface area contributed by atoms with E-state index in [0.29, 0.717) is 11.6 Å². The number of aliphatic carboxylic acids is 1. The molecule has 0 atom stereocenters. The van der Waals surface area contributed by atoms with E-state index in [1.165, 1.54) is 4.90 Å². The van der Waals surface area contributed by atoms with Gasteiger partial charge in [-0.15, -0.1) is 0 Å². The van der Waals surface area contributed by atoms with Crippen LogP contribution < -0.4 is 15.4 Å². The molecule has 0 fully saturated rings. The number of aromatic nitrogens is 1. The molecule has 0 saturated carbocycles. The standard InChI is InChI=1S/C32H42ClN5O8/c1-46-23-11-13-26-25(19-23)30(24-12-10-22(33)18-27(24)36-26)35-15-9-7-5-3-2-4-6-8-14-34-28(39)20-37(21-29(40)41)16-17-38(31(42)43)32(44)45/h10-13,18-19H,2-9,14-17,20-21H2,1H3,(H,34,39)(H,35,36)(H,40,41)(H,42,43)(H,44,45). The number of amides is 3. The summed E-state index contributed by atoms with van der Waals surface area (Å²) in [7, 11) is 1.65. The SMILES string of the molecule is COc1ccc2nc3cc(Cl)ccc3c(NCCCCCCCCCCNC(=O)CN(CCN(C(=O)O)C(=O)O)CC(=O)O)c2c1. The minimum atomic E-state index is -1.67. The van der Waals surface area contributed by atoms with Gasteiger partial charge >= 0.3 is 18.2 Å². The average molecular weight is 660 g/mol. The maximum absolute atomic E-state index is 12.3. The van der Waals surface area contributed by atoms with E-state index in [2.05, 4.69) is 10.6 Å². The Kier molecular flexibility index (Phi) is 14.6. The predicted molar refractivity (Wildman–Crippen MR) is 176 cm³/mol. The molecule has 5 N–H and O–H groups in total. The Morgan fingerprint density at radius 2 is 1.43 bits per heavy atom. The van der Waals surface area contributed by atoms with Crippen LogP contribution in [0.4, 0.5) is 15.3 Å². The third-order valence-corrected chi connectivity index (χ3v) is 7.73. The van der Waals surface area contributed by atoms with Crippen molar-refractivity contribution in [1.82, 2.24) is 20.1 Å². The zero-order chi connectivity index (χ0) is 33.5. The van der Waals surface area contributed by atoms with Crippen molar-refractivity contribution >= 4 is 63.2 Å². The normalized spacial score (nSPS) is 11.1. The fraction of sp³-hybridized carbons (Fsp3) is 0.469. The summed E-state index contributed by atoms with van der Waals surface area (Å²) in [5.74, 6) is -0.831. The first-order valence-corrected chi connectivity index (χ1v) is 15.7. The number of pyridine rings is 1. The average Bonchev–Trinajstić information content (AvgIpc) is 3.00. The topological polar surface area (TPSA) is 182 Å². The number of carbonyl (C=O) groups excluding carboxylic acids is 1. The number of ether oxygens (including phenoxy) is 1. The molecule has 0 saturated heterocycles. The van der Waals surface area contributed by atoms with Crippen LogP contribution in [0.25, 0.3) is 21.8 Å². The third kappa shape index (κ3) is 11.5. The van der Waals surface area contributed by atoms with Crippen LogP contribution in [0.1, 0.15) is 51.4 Å². The number of anilines is 1. The molecule has 3 rings (SSSR count). The number of benzene rings is 2. The van der Waals surface area contributed by atoms with Crippen LogP contribution in [0.15, 0.2) is 36.4 Å². The van der Waals surface area contributed by atoms with Gasteiger partial charge in [-0.05, 0) is 49.2 Å². The van der Waals surface area contributed by atoms with Gasteiger partial charge in [0, 0.05) is 42.0 Å². The summed E-state index contributed by atoms with van der Waals surface area (Å²) >= 11 is 6.22. The summed E-state index contributed by atoms with van der Waals surface area (Å²) in [5, 5.41) is 36.0. The summed E-state index contributed by atoms with van der Waals surface area (Å²) in [6.07, 6.45) is 4.91. The number of hydrogen-bond donors (Lipinski definition) is 5. The highest BCUT2D eigenvalue weighted by Crippen LogP contribution is 2.34. The first-order chi connectivity index (χ1) is 22.1. The molecule has 0 aliphatic carbocycles. The summed E-state index contributed by atoms with van der Waals surface area (Å²) in [4.78, 5) is 51.5. The van der Waals surface area contributed by atoms with Crippen molar-refractivity contribution in [2.75, 3.05) is 51.7 Å². The largest absolute Gasteiger partial charge is 0.497 e. The summed E-state index contributed by atoms with van der Waals surface area (Å²) in [6.45, 7) is -0.195. The Labute approximate surface area is 272 Å². The van der Waals surface area contributed by atoms with E-state index in [0.717, 1.165) is 91.2 Å². The van der Waals surface area contributed by atoms with E-state index in [1.807, 2.05) is 36.4 Å². The minimum absolute atomic E-state index is 0.143. The van der Waals surface area contributed by atoms with Crippen molar-refractivity contribution < 1.29 is 39.2 Å². The van der Waals surface area contributed by atoms with Gasteiger partial charge in [0.25, 0.3) is 0 Å². The lowest BCUT2D eigenvalue weighted by Gasteiger charge is -2.22. The number of hydrogen-bond acceptors (Lipinski definition) is 8. The molecule has 46 heavy (non-hydrogen) atoms. The fourth-order valence-electron chi connectivity index (χ4n) is 5.14. The highest BCUT2D eigenvalue weighted by molar-refractivity contribution is 6.31. The number of carboxylic acid groups (broad SMARTS) is 3. The predicted octanol–water partition coefficient (Wildman–Crippen LogP) is 5.74. The zero-order valence-electron chi connectivity index (χ0n) is 26.0. The second-order valence-electron chi connectivity index (χ2n) is 11.0. The molecule has 0 radical (unpaired) electrons. The molecule has 3 amide bonds. The van der Waals surface area contributed by atoms with Crippen LogP contribution in [-0.2, 0) is 9.59 Å². The van der Waals surface area contributed by atoms with Crippen LogP contribution in [0, 0.1) is 0 Å². The smallest absolute Gasteiger partial charge is 0.416 e. The molecule has 1 heterocycles. The lowest BCUT2D eigenvalue weighted by molar-refractivity contribution is -0.138. The van der Waals surface area contributed by atoms with Crippen molar-refractivity contribution in [1.29, 1.82) is 0 Å². The summed E-state index contributed by atoms with van der Waals surface area (Å²) in [6, 6.07) is 11.6.